The highest BCUT2D eigenvalue weighted by Crippen LogP contribution is 2.13. The van der Waals surface area contributed by atoms with Gasteiger partial charge in [0.25, 0.3) is 0 Å². The van der Waals surface area contributed by atoms with Gasteiger partial charge in [0, 0.05) is 6.42 Å². The summed E-state index contributed by atoms with van der Waals surface area (Å²) < 4.78 is -0.0934. The lowest BCUT2D eigenvalue weighted by molar-refractivity contribution is -0.118. The Labute approximate surface area is 169 Å². The first-order valence-electron chi connectivity index (χ1n) is 10.8. The van der Waals surface area contributed by atoms with Gasteiger partial charge in [0.15, 0.2) is 0 Å². The standard InChI is InChI=1S/C21H41BrN2O2/c1-2-3-4-5-6-7-8-9-10-11-12-13-14-15-18-24-19(21(22)26)16-17-20(23)25/h19,24H,2-18H2,1H3,(H2,23,25)/t19-/m1/s1. The number of hydrogen-bond donors (Lipinski definition) is 2. The number of primary amides is 1. The van der Waals surface area contributed by atoms with Gasteiger partial charge in [-0.2, -0.15) is 0 Å². The molecule has 0 aliphatic heterocycles. The van der Waals surface area contributed by atoms with Crippen LogP contribution in [-0.4, -0.2) is 23.2 Å². The van der Waals surface area contributed by atoms with Crippen LogP contribution >= 0.6 is 15.9 Å². The van der Waals surface area contributed by atoms with Crippen LogP contribution in [0.2, 0.25) is 0 Å². The van der Waals surface area contributed by atoms with Crippen molar-refractivity contribution in [1.82, 2.24) is 5.32 Å². The third-order valence-corrected chi connectivity index (χ3v) is 5.43. The van der Waals surface area contributed by atoms with Crippen molar-refractivity contribution in [2.75, 3.05) is 6.54 Å². The molecule has 1 atom stereocenters. The maximum absolute atomic E-state index is 11.4. The van der Waals surface area contributed by atoms with Crippen molar-refractivity contribution >= 4 is 26.5 Å². The summed E-state index contributed by atoms with van der Waals surface area (Å²) in [5.74, 6) is -0.359. The minimum Gasteiger partial charge on any atom is -0.370 e. The molecule has 0 saturated carbocycles. The summed E-state index contributed by atoms with van der Waals surface area (Å²) in [7, 11) is 0. The minimum absolute atomic E-state index is 0.0934. The lowest BCUT2D eigenvalue weighted by atomic mass is 10.0. The number of halogens is 1. The molecule has 0 unspecified atom stereocenters. The molecule has 3 N–H and O–H groups in total. The van der Waals surface area contributed by atoms with Gasteiger partial charge in [0.1, 0.15) is 0 Å². The zero-order chi connectivity index (χ0) is 19.5. The van der Waals surface area contributed by atoms with Crippen LogP contribution in [0.15, 0.2) is 0 Å². The first-order valence-corrected chi connectivity index (χ1v) is 11.6. The average Bonchev–Trinajstić information content (AvgIpc) is 2.60. The summed E-state index contributed by atoms with van der Waals surface area (Å²) >= 11 is 2.98. The van der Waals surface area contributed by atoms with Crippen molar-refractivity contribution in [3.8, 4) is 0 Å². The van der Waals surface area contributed by atoms with E-state index in [0.717, 1.165) is 13.0 Å². The van der Waals surface area contributed by atoms with E-state index in [1.165, 1.54) is 83.5 Å². The van der Waals surface area contributed by atoms with Crippen LogP contribution in [0.3, 0.4) is 0 Å². The fourth-order valence-electron chi connectivity index (χ4n) is 3.18. The van der Waals surface area contributed by atoms with Crippen molar-refractivity contribution in [3.05, 3.63) is 0 Å². The zero-order valence-electron chi connectivity index (χ0n) is 16.9. The Morgan fingerprint density at radius 3 is 1.62 bits per heavy atom. The summed E-state index contributed by atoms with van der Waals surface area (Å²) in [5, 5.41) is 3.21. The first-order chi connectivity index (χ1) is 12.6. The van der Waals surface area contributed by atoms with Gasteiger partial charge in [-0.1, -0.05) is 90.4 Å². The van der Waals surface area contributed by atoms with E-state index in [1.54, 1.807) is 0 Å². The quantitative estimate of drug-likeness (QED) is 0.194. The second-order valence-electron chi connectivity index (χ2n) is 7.41. The van der Waals surface area contributed by atoms with E-state index in [0.29, 0.717) is 6.42 Å². The van der Waals surface area contributed by atoms with E-state index in [4.69, 9.17) is 5.73 Å². The molecule has 0 bridgehead atoms. The molecule has 0 radical (unpaired) electrons. The molecule has 4 nitrogen and oxygen atoms in total. The number of unbranched alkanes of at least 4 members (excludes halogenated alkanes) is 13. The zero-order valence-corrected chi connectivity index (χ0v) is 18.5. The molecular weight excluding hydrogens is 392 g/mol. The number of nitrogens with one attached hydrogen (secondary N) is 1. The van der Waals surface area contributed by atoms with Gasteiger partial charge >= 0.3 is 0 Å². The molecule has 0 fully saturated rings. The number of rotatable bonds is 20. The second-order valence-corrected chi connectivity index (χ2v) is 8.19. The molecule has 5 heteroatoms. The van der Waals surface area contributed by atoms with Gasteiger partial charge in [0.2, 0.25) is 10.6 Å². The van der Waals surface area contributed by atoms with Crippen molar-refractivity contribution in [3.63, 3.8) is 0 Å². The van der Waals surface area contributed by atoms with E-state index in [2.05, 4.69) is 28.2 Å². The van der Waals surface area contributed by atoms with Gasteiger partial charge in [-0.15, -0.1) is 0 Å². The van der Waals surface area contributed by atoms with Crippen molar-refractivity contribution in [1.29, 1.82) is 0 Å². The molecule has 0 spiro atoms. The Hall–Kier alpha value is -0.420. The predicted octanol–water partition coefficient (Wildman–Crippen LogP) is 5.61. The van der Waals surface area contributed by atoms with E-state index in [-0.39, 0.29) is 23.1 Å². The molecule has 0 aromatic heterocycles. The minimum atomic E-state index is -0.359. The van der Waals surface area contributed by atoms with Gasteiger partial charge in [-0.25, -0.2) is 0 Å². The summed E-state index contributed by atoms with van der Waals surface area (Å²) in [5.41, 5.74) is 5.13. The number of carbonyl (C=O) groups excluding carboxylic acids is 2. The fraction of sp³-hybridized carbons (Fsp3) is 0.905. The highest BCUT2D eigenvalue weighted by molar-refractivity contribution is 9.18. The maximum Gasteiger partial charge on any atom is 0.217 e. The predicted molar refractivity (Wildman–Crippen MR) is 114 cm³/mol. The van der Waals surface area contributed by atoms with Gasteiger partial charge < -0.3 is 11.1 Å². The van der Waals surface area contributed by atoms with Crippen molar-refractivity contribution in [2.24, 2.45) is 5.73 Å². The van der Waals surface area contributed by atoms with Crippen molar-refractivity contribution in [2.45, 2.75) is 116 Å². The molecule has 0 heterocycles. The smallest absolute Gasteiger partial charge is 0.217 e. The Bertz CT molecular complexity index is 351. The number of amides is 1. The van der Waals surface area contributed by atoms with Crippen LogP contribution in [-0.2, 0) is 9.59 Å². The second kappa shape index (κ2) is 19.3. The lowest BCUT2D eigenvalue weighted by Gasteiger charge is -2.13. The monoisotopic (exact) mass is 432 g/mol. The van der Waals surface area contributed by atoms with E-state index in [1.807, 2.05) is 0 Å². The van der Waals surface area contributed by atoms with Crippen LogP contribution in [0.5, 0.6) is 0 Å². The van der Waals surface area contributed by atoms with E-state index in [9.17, 15) is 9.59 Å². The molecule has 1 amide bonds. The topological polar surface area (TPSA) is 72.2 Å². The molecule has 26 heavy (non-hydrogen) atoms. The third-order valence-electron chi connectivity index (χ3n) is 4.87. The highest BCUT2D eigenvalue weighted by atomic mass is 79.9. The van der Waals surface area contributed by atoms with Crippen molar-refractivity contribution < 1.29 is 9.59 Å². The normalized spacial score (nSPS) is 12.2. The Morgan fingerprint density at radius 2 is 1.23 bits per heavy atom. The Balaban J connectivity index is 3.32. The Morgan fingerprint density at radius 1 is 0.808 bits per heavy atom. The molecule has 0 rings (SSSR count). The van der Waals surface area contributed by atoms with Crippen LogP contribution < -0.4 is 11.1 Å². The molecule has 0 aromatic carbocycles. The molecule has 0 aliphatic rings. The Kier molecular flexibility index (Phi) is 19.0. The third kappa shape index (κ3) is 18.4. The van der Waals surface area contributed by atoms with Crippen LogP contribution in [0.1, 0.15) is 110 Å². The van der Waals surface area contributed by atoms with Gasteiger partial charge in [-0.05, 0) is 35.3 Å². The van der Waals surface area contributed by atoms with E-state index >= 15 is 0 Å². The van der Waals surface area contributed by atoms with Crippen LogP contribution in [0, 0.1) is 0 Å². The summed E-state index contributed by atoms with van der Waals surface area (Å²) in [4.78, 5) is 22.2. The summed E-state index contributed by atoms with van der Waals surface area (Å²) in [6.45, 7) is 3.09. The summed E-state index contributed by atoms with van der Waals surface area (Å²) in [6, 6.07) is -0.301. The average molecular weight is 433 g/mol. The molecule has 0 saturated heterocycles. The molecular formula is C21H41BrN2O2. The number of nitrogens with two attached hydrogens (primary N) is 1. The summed E-state index contributed by atoms with van der Waals surface area (Å²) in [6.07, 6.45) is 19.5. The van der Waals surface area contributed by atoms with Crippen LogP contribution in [0.4, 0.5) is 0 Å². The SMILES string of the molecule is CCCCCCCCCCCCCCCCN[C@H](CCC(N)=O)C(=O)Br. The van der Waals surface area contributed by atoms with Crippen LogP contribution in [0.25, 0.3) is 0 Å². The molecule has 0 aliphatic carbocycles. The lowest BCUT2D eigenvalue weighted by Crippen LogP contribution is -2.35. The molecule has 154 valence electrons. The molecule has 0 aromatic rings. The highest BCUT2D eigenvalue weighted by Gasteiger charge is 2.15. The first kappa shape index (κ1) is 25.6. The van der Waals surface area contributed by atoms with E-state index < -0.39 is 0 Å². The number of hydrogen-bond acceptors (Lipinski definition) is 3. The fourth-order valence-corrected chi connectivity index (χ4v) is 3.57. The van der Waals surface area contributed by atoms with Gasteiger partial charge in [-0.3, -0.25) is 9.59 Å². The van der Waals surface area contributed by atoms with Gasteiger partial charge in [0.05, 0.1) is 6.04 Å². The maximum atomic E-state index is 11.4. The number of carbonyl (C=O) groups is 2. The largest absolute Gasteiger partial charge is 0.370 e.